The zero-order chi connectivity index (χ0) is 17.6. The van der Waals surface area contributed by atoms with Crippen LogP contribution in [0.25, 0.3) is 11.3 Å². The van der Waals surface area contributed by atoms with E-state index in [0.717, 1.165) is 34.7 Å². The molecule has 0 aliphatic carbocycles. The molecule has 25 heavy (non-hydrogen) atoms. The first-order valence-corrected chi connectivity index (χ1v) is 7.96. The number of hydrogen-bond acceptors (Lipinski definition) is 7. The van der Waals surface area contributed by atoms with Gasteiger partial charge in [0.25, 0.3) is 5.91 Å². The van der Waals surface area contributed by atoms with Gasteiger partial charge in [0.15, 0.2) is 5.17 Å². The summed E-state index contributed by atoms with van der Waals surface area (Å²) in [5.41, 5.74) is 2.79. The summed E-state index contributed by atoms with van der Waals surface area (Å²) in [5, 5.41) is 10.7. The predicted molar refractivity (Wildman–Crippen MR) is 94.9 cm³/mol. The van der Waals surface area contributed by atoms with Gasteiger partial charge in [-0.3, -0.25) is 10.1 Å². The number of ether oxygens (including phenoxy) is 1. The van der Waals surface area contributed by atoms with Crippen molar-refractivity contribution >= 4 is 35.0 Å². The number of carbonyl (C=O) groups excluding carboxylic acids is 2. The van der Waals surface area contributed by atoms with Crippen molar-refractivity contribution in [1.29, 1.82) is 0 Å². The third kappa shape index (κ3) is 4.21. The summed E-state index contributed by atoms with van der Waals surface area (Å²) in [7, 11) is 1.24. The van der Waals surface area contributed by atoms with E-state index in [4.69, 9.17) is 0 Å². The van der Waals surface area contributed by atoms with Crippen molar-refractivity contribution < 1.29 is 14.3 Å². The van der Waals surface area contributed by atoms with Crippen LogP contribution in [0.5, 0.6) is 0 Å². The maximum absolute atomic E-state index is 11.7. The molecular formula is C16H13N5O3S. The van der Waals surface area contributed by atoms with Crippen LogP contribution >= 0.6 is 11.8 Å². The lowest BCUT2D eigenvalue weighted by molar-refractivity contribution is -0.135. The van der Waals surface area contributed by atoms with Gasteiger partial charge in [0, 0.05) is 6.08 Å². The van der Waals surface area contributed by atoms with Crippen LogP contribution in [0, 0.1) is 0 Å². The lowest BCUT2D eigenvalue weighted by atomic mass is 10.1. The van der Waals surface area contributed by atoms with E-state index in [-0.39, 0.29) is 4.91 Å². The minimum atomic E-state index is -0.597. The number of esters is 1. The van der Waals surface area contributed by atoms with Gasteiger partial charge in [-0.15, -0.1) is 5.10 Å². The quantitative estimate of drug-likeness (QED) is 0.375. The van der Waals surface area contributed by atoms with Gasteiger partial charge in [-0.2, -0.15) is 5.10 Å². The van der Waals surface area contributed by atoms with Crippen molar-refractivity contribution in [3.05, 3.63) is 53.3 Å². The highest BCUT2D eigenvalue weighted by atomic mass is 32.2. The summed E-state index contributed by atoms with van der Waals surface area (Å²) in [4.78, 5) is 30.1. The molecule has 1 aliphatic heterocycles. The Hall–Kier alpha value is -3.20. The Balaban J connectivity index is 1.65. The van der Waals surface area contributed by atoms with Gasteiger partial charge in [0.2, 0.25) is 0 Å². The van der Waals surface area contributed by atoms with E-state index < -0.39 is 11.9 Å². The molecule has 0 unspecified atom stereocenters. The molecule has 126 valence electrons. The number of nitrogens with zero attached hydrogens (tertiary/aromatic N) is 3. The molecule has 2 aromatic rings. The van der Waals surface area contributed by atoms with E-state index in [2.05, 4.69) is 30.2 Å². The summed E-state index contributed by atoms with van der Waals surface area (Å²) in [5.74, 6) is -1.01. The van der Waals surface area contributed by atoms with Crippen molar-refractivity contribution in [2.24, 2.45) is 10.2 Å². The smallest absolute Gasteiger partial charge is 0.331 e. The average Bonchev–Trinajstić information content (AvgIpc) is 3.26. The van der Waals surface area contributed by atoms with Gasteiger partial charge in [0.05, 0.1) is 36.4 Å². The number of amidine groups is 1. The van der Waals surface area contributed by atoms with E-state index in [9.17, 15) is 9.59 Å². The van der Waals surface area contributed by atoms with Crippen LogP contribution in [-0.2, 0) is 14.3 Å². The molecule has 3 rings (SSSR count). The Labute approximate surface area is 147 Å². The van der Waals surface area contributed by atoms with Gasteiger partial charge in [-0.25, -0.2) is 9.78 Å². The number of aromatic nitrogens is 2. The summed E-state index contributed by atoms with van der Waals surface area (Å²) in [6, 6.07) is 7.66. The SMILES string of the molecule is COC(=O)/C=C1/S/C(=N\N=Cc2ccc(-c3cnc[nH]3)cc2)NC1=O. The first-order valence-electron chi connectivity index (χ1n) is 7.14. The van der Waals surface area contributed by atoms with Crippen molar-refractivity contribution in [3.8, 4) is 11.3 Å². The first kappa shape index (κ1) is 16.7. The third-order valence-electron chi connectivity index (χ3n) is 3.18. The number of benzene rings is 1. The Bertz CT molecular complexity index is 870. The molecule has 1 aliphatic rings. The monoisotopic (exact) mass is 355 g/mol. The topological polar surface area (TPSA) is 109 Å². The number of amides is 1. The molecule has 1 aromatic carbocycles. The summed E-state index contributed by atoms with van der Waals surface area (Å²) >= 11 is 1.02. The van der Waals surface area contributed by atoms with Gasteiger partial charge in [-0.1, -0.05) is 24.3 Å². The highest BCUT2D eigenvalue weighted by molar-refractivity contribution is 8.18. The maximum Gasteiger partial charge on any atom is 0.331 e. The Morgan fingerprint density at radius 2 is 2.12 bits per heavy atom. The molecule has 1 amide bonds. The summed E-state index contributed by atoms with van der Waals surface area (Å²) in [6.07, 6.45) is 6.05. The first-order chi connectivity index (χ1) is 12.2. The second-order valence-corrected chi connectivity index (χ2v) is 5.86. The van der Waals surface area contributed by atoms with Crippen LogP contribution in [-0.4, -0.2) is 40.3 Å². The fraction of sp³-hybridized carbons (Fsp3) is 0.0625. The molecule has 0 atom stereocenters. The van der Waals surface area contributed by atoms with Crippen molar-refractivity contribution in [2.45, 2.75) is 0 Å². The highest BCUT2D eigenvalue weighted by Gasteiger charge is 2.24. The molecular weight excluding hydrogens is 342 g/mol. The van der Waals surface area contributed by atoms with Gasteiger partial charge < -0.3 is 9.72 Å². The molecule has 2 heterocycles. The molecule has 2 N–H and O–H groups in total. The van der Waals surface area contributed by atoms with E-state index in [1.165, 1.54) is 7.11 Å². The molecule has 0 spiro atoms. The second kappa shape index (κ2) is 7.58. The summed E-state index contributed by atoms with van der Waals surface area (Å²) < 4.78 is 4.49. The molecule has 0 saturated carbocycles. The Kier molecular flexibility index (Phi) is 5.05. The Morgan fingerprint density at radius 1 is 1.32 bits per heavy atom. The number of imidazole rings is 1. The van der Waals surface area contributed by atoms with Crippen LogP contribution in [0.15, 0.2) is 58.0 Å². The maximum atomic E-state index is 11.7. The molecule has 0 radical (unpaired) electrons. The van der Waals surface area contributed by atoms with Crippen molar-refractivity contribution in [1.82, 2.24) is 15.3 Å². The Morgan fingerprint density at radius 3 is 2.80 bits per heavy atom. The predicted octanol–water partition coefficient (Wildman–Crippen LogP) is 1.69. The fourth-order valence-electron chi connectivity index (χ4n) is 1.95. The number of aromatic amines is 1. The lowest BCUT2D eigenvalue weighted by Gasteiger charge is -1.97. The van der Waals surface area contributed by atoms with Crippen molar-refractivity contribution in [2.75, 3.05) is 7.11 Å². The number of nitrogens with one attached hydrogen (secondary N) is 2. The van der Waals surface area contributed by atoms with Gasteiger partial charge >= 0.3 is 5.97 Å². The van der Waals surface area contributed by atoms with E-state index in [1.54, 1.807) is 18.7 Å². The lowest BCUT2D eigenvalue weighted by Crippen LogP contribution is -2.19. The zero-order valence-electron chi connectivity index (χ0n) is 13.1. The minimum absolute atomic E-state index is 0.213. The molecule has 1 aromatic heterocycles. The van der Waals surface area contributed by atoms with E-state index >= 15 is 0 Å². The number of hydrogen-bond donors (Lipinski definition) is 2. The number of thioether (sulfide) groups is 1. The number of H-pyrrole nitrogens is 1. The highest BCUT2D eigenvalue weighted by Crippen LogP contribution is 2.23. The minimum Gasteiger partial charge on any atom is -0.466 e. The number of methoxy groups -OCH3 is 1. The number of carbonyl (C=O) groups is 2. The zero-order valence-corrected chi connectivity index (χ0v) is 13.9. The standard InChI is InChI=1S/C16H13N5O3S/c1-24-14(22)6-13-15(23)20-16(25-13)21-19-7-10-2-4-11(5-3-10)12-8-17-9-18-12/h2-9H,1H3,(H,17,18)(H,20,21,23)/b13-6+,19-7?. The fourth-order valence-corrected chi connectivity index (χ4v) is 2.69. The molecule has 0 bridgehead atoms. The van der Waals surface area contributed by atoms with Crippen LogP contribution in [0.3, 0.4) is 0 Å². The normalized spacial score (nSPS) is 17.4. The van der Waals surface area contributed by atoms with Gasteiger partial charge in [-0.05, 0) is 22.9 Å². The van der Waals surface area contributed by atoms with E-state index in [0.29, 0.717) is 5.17 Å². The van der Waals surface area contributed by atoms with Crippen LogP contribution in [0.2, 0.25) is 0 Å². The van der Waals surface area contributed by atoms with Crippen LogP contribution in [0.4, 0.5) is 0 Å². The average molecular weight is 355 g/mol. The molecule has 9 heteroatoms. The second-order valence-electron chi connectivity index (χ2n) is 4.82. The molecule has 1 fully saturated rings. The number of rotatable bonds is 4. The van der Waals surface area contributed by atoms with Crippen LogP contribution in [0.1, 0.15) is 5.56 Å². The van der Waals surface area contributed by atoms with E-state index in [1.807, 2.05) is 24.3 Å². The third-order valence-corrected chi connectivity index (χ3v) is 4.08. The largest absolute Gasteiger partial charge is 0.466 e. The summed E-state index contributed by atoms with van der Waals surface area (Å²) in [6.45, 7) is 0. The van der Waals surface area contributed by atoms with Crippen LogP contribution < -0.4 is 5.32 Å². The van der Waals surface area contributed by atoms with Gasteiger partial charge in [0.1, 0.15) is 0 Å². The molecule has 1 saturated heterocycles. The van der Waals surface area contributed by atoms with Crippen molar-refractivity contribution in [3.63, 3.8) is 0 Å². The molecule has 8 nitrogen and oxygen atoms in total.